The first-order valence-electron chi connectivity index (χ1n) is 7.27. The maximum absolute atomic E-state index is 13.2. The number of hydrogen-bond donors (Lipinski definition) is 2. The van der Waals surface area contributed by atoms with Gasteiger partial charge in [0.05, 0.1) is 6.21 Å². The molecule has 0 aliphatic carbocycles. The number of nitrogens with two attached hydrogens (primary N) is 1. The number of anilines is 2. The zero-order chi connectivity index (χ0) is 17.6. The van der Waals surface area contributed by atoms with Gasteiger partial charge in [-0.2, -0.15) is 5.10 Å². The third kappa shape index (κ3) is 4.51. The molecular formula is C17H14F2N4OS. The molecule has 25 heavy (non-hydrogen) atoms. The van der Waals surface area contributed by atoms with Crippen molar-refractivity contribution in [1.82, 2.24) is 4.98 Å². The second-order valence-electron chi connectivity index (χ2n) is 5.01. The van der Waals surface area contributed by atoms with Gasteiger partial charge in [-0.05, 0) is 17.7 Å². The van der Waals surface area contributed by atoms with Gasteiger partial charge in [-0.15, -0.1) is 11.3 Å². The molecule has 0 saturated heterocycles. The van der Waals surface area contributed by atoms with E-state index in [2.05, 4.69) is 15.5 Å². The number of benzene rings is 2. The molecule has 0 fully saturated rings. The van der Waals surface area contributed by atoms with E-state index < -0.39 is 11.6 Å². The second-order valence-corrected chi connectivity index (χ2v) is 5.87. The van der Waals surface area contributed by atoms with E-state index in [-0.39, 0.29) is 12.4 Å². The van der Waals surface area contributed by atoms with E-state index in [1.807, 2.05) is 24.3 Å². The molecule has 3 aromatic rings. The van der Waals surface area contributed by atoms with E-state index >= 15 is 0 Å². The molecule has 0 aliphatic rings. The predicted octanol–water partition coefficient (Wildman–Crippen LogP) is 4.03. The van der Waals surface area contributed by atoms with Crippen molar-refractivity contribution in [2.75, 3.05) is 11.2 Å². The Hall–Kier alpha value is -3.00. The average molecular weight is 360 g/mol. The summed E-state index contributed by atoms with van der Waals surface area (Å²) in [6.45, 7) is 0.192. The van der Waals surface area contributed by atoms with Crippen molar-refractivity contribution in [3.63, 3.8) is 0 Å². The molecule has 0 aliphatic heterocycles. The van der Waals surface area contributed by atoms with E-state index in [1.165, 1.54) is 17.4 Å². The normalized spacial score (nSPS) is 11.0. The van der Waals surface area contributed by atoms with Crippen molar-refractivity contribution in [2.24, 2.45) is 5.10 Å². The molecule has 8 heteroatoms. The number of thiazole rings is 1. The zero-order valence-corrected chi connectivity index (χ0v) is 13.8. The van der Waals surface area contributed by atoms with Crippen LogP contribution in [0.4, 0.5) is 19.7 Å². The van der Waals surface area contributed by atoms with Crippen molar-refractivity contribution < 1.29 is 13.5 Å². The minimum atomic E-state index is -0.945. The van der Waals surface area contributed by atoms with Crippen LogP contribution in [0.1, 0.15) is 11.1 Å². The number of hydrogen-bond acceptors (Lipinski definition) is 6. The molecular weight excluding hydrogens is 346 g/mol. The lowest BCUT2D eigenvalue weighted by Crippen LogP contribution is -2.01. The highest BCUT2D eigenvalue weighted by Gasteiger charge is 2.05. The van der Waals surface area contributed by atoms with Gasteiger partial charge in [0, 0.05) is 17.0 Å². The van der Waals surface area contributed by atoms with Gasteiger partial charge in [0.2, 0.25) is 5.13 Å². The van der Waals surface area contributed by atoms with Crippen LogP contribution >= 0.6 is 11.3 Å². The highest BCUT2D eigenvalue weighted by atomic mass is 32.1. The first-order valence-corrected chi connectivity index (χ1v) is 8.15. The summed E-state index contributed by atoms with van der Waals surface area (Å²) in [6.07, 6.45) is 1.63. The van der Waals surface area contributed by atoms with E-state index in [0.717, 1.165) is 23.3 Å². The third-order valence-corrected chi connectivity index (χ3v) is 3.99. The summed E-state index contributed by atoms with van der Waals surface area (Å²) in [7, 11) is 0. The number of rotatable bonds is 6. The molecule has 5 nitrogen and oxygen atoms in total. The first-order chi connectivity index (χ1) is 12.1. The molecule has 0 bridgehead atoms. The minimum absolute atomic E-state index is 0.192. The van der Waals surface area contributed by atoms with Crippen molar-refractivity contribution in [3.8, 4) is 5.75 Å². The van der Waals surface area contributed by atoms with Gasteiger partial charge in [-0.25, -0.2) is 13.8 Å². The topological polar surface area (TPSA) is 72.5 Å². The molecule has 3 N–H and O–H groups in total. The van der Waals surface area contributed by atoms with Crippen LogP contribution in [0.2, 0.25) is 0 Å². The van der Waals surface area contributed by atoms with Gasteiger partial charge in [0.1, 0.15) is 18.2 Å². The largest absolute Gasteiger partial charge is 0.489 e. The van der Waals surface area contributed by atoms with Crippen LogP contribution in [-0.2, 0) is 6.61 Å². The molecule has 2 aromatic carbocycles. The highest BCUT2D eigenvalue weighted by molar-refractivity contribution is 7.14. The van der Waals surface area contributed by atoms with Crippen molar-refractivity contribution in [2.45, 2.75) is 6.61 Å². The Morgan fingerprint density at radius 2 is 2.04 bits per heavy atom. The highest BCUT2D eigenvalue weighted by Crippen LogP contribution is 2.18. The Bertz CT molecular complexity index is 898. The van der Waals surface area contributed by atoms with Gasteiger partial charge >= 0.3 is 0 Å². The fourth-order valence-corrected chi connectivity index (χ4v) is 2.56. The van der Waals surface area contributed by atoms with Crippen molar-refractivity contribution in [1.29, 1.82) is 0 Å². The molecule has 1 heterocycles. The summed E-state index contributed by atoms with van der Waals surface area (Å²) in [5, 5.41) is 6.42. The van der Waals surface area contributed by atoms with E-state index in [1.54, 1.807) is 11.6 Å². The van der Waals surface area contributed by atoms with Crippen LogP contribution < -0.4 is 15.9 Å². The molecule has 128 valence electrons. The molecule has 0 radical (unpaired) electrons. The number of halogens is 2. The van der Waals surface area contributed by atoms with Gasteiger partial charge < -0.3 is 10.5 Å². The molecule has 1 aromatic heterocycles. The Kier molecular flexibility index (Phi) is 5.20. The Labute approximate surface area is 146 Å². The first kappa shape index (κ1) is 16.8. The lowest BCUT2D eigenvalue weighted by atomic mass is 10.1. The Balaban J connectivity index is 1.66. The third-order valence-electron chi connectivity index (χ3n) is 3.23. The standard InChI is InChI=1S/C17H14F2N4OS/c18-14-6-5-13(7-15(14)19)24-9-12-4-2-1-3-11(12)8-21-23-17-22-16(20)10-25-17/h1-8,10H,9,20H2,(H,22,23). The molecule has 0 spiro atoms. The van der Waals surface area contributed by atoms with Gasteiger partial charge in [-0.1, -0.05) is 24.3 Å². The molecule has 0 amide bonds. The van der Waals surface area contributed by atoms with Crippen molar-refractivity contribution >= 4 is 28.5 Å². The van der Waals surface area contributed by atoms with Crippen LogP contribution in [0.25, 0.3) is 0 Å². The van der Waals surface area contributed by atoms with E-state index in [0.29, 0.717) is 10.9 Å². The predicted molar refractivity (Wildman–Crippen MR) is 94.9 cm³/mol. The van der Waals surface area contributed by atoms with Gasteiger partial charge in [0.15, 0.2) is 11.6 Å². The molecule has 0 saturated carbocycles. The lowest BCUT2D eigenvalue weighted by Gasteiger charge is -2.09. The average Bonchev–Trinajstić information content (AvgIpc) is 3.02. The maximum Gasteiger partial charge on any atom is 0.205 e. The quantitative estimate of drug-likeness (QED) is 0.514. The number of nitrogen functional groups attached to an aromatic ring is 1. The Morgan fingerprint density at radius 1 is 1.20 bits per heavy atom. The van der Waals surface area contributed by atoms with E-state index in [4.69, 9.17) is 10.5 Å². The maximum atomic E-state index is 13.2. The summed E-state index contributed by atoms with van der Waals surface area (Å²) in [5.74, 6) is -1.17. The zero-order valence-electron chi connectivity index (χ0n) is 12.9. The Morgan fingerprint density at radius 3 is 2.80 bits per heavy atom. The number of ether oxygens (including phenoxy) is 1. The number of aromatic nitrogens is 1. The van der Waals surface area contributed by atoms with Crippen LogP contribution in [-0.4, -0.2) is 11.2 Å². The van der Waals surface area contributed by atoms with E-state index in [9.17, 15) is 8.78 Å². The monoisotopic (exact) mass is 360 g/mol. The number of hydrazone groups is 1. The van der Waals surface area contributed by atoms with Crippen molar-refractivity contribution in [3.05, 3.63) is 70.6 Å². The smallest absolute Gasteiger partial charge is 0.205 e. The summed E-state index contributed by atoms with van der Waals surface area (Å²) in [4.78, 5) is 4.04. The minimum Gasteiger partial charge on any atom is -0.489 e. The fourth-order valence-electron chi connectivity index (χ4n) is 2.01. The summed E-state index contributed by atoms with van der Waals surface area (Å²) in [5.41, 5.74) is 10.00. The summed E-state index contributed by atoms with van der Waals surface area (Å²) >= 11 is 1.35. The SMILES string of the molecule is Nc1csc(NN=Cc2ccccc2COc2ccc(F)c(F)c2)n1. The van der Waals surface area contributed by atoms with Gasteiger partial charge in [-0.3, -0.25) is 5.43 Å². The lowest BCUT2D eigenvalue weighted by molar-refractivity contribution is 0.303. The summed E-state index contributed by atoms with van der Waals surface area (Å²) < 4.78 is 31.7. The van der Waals surface area contributed by atoms with Crippen LogP contribution in [0.15, 0.2) is 52.9 Å². The second kappa shape index (κ2) is 7.71. The summed E-state index contributed by atoms with van der Waals surface area (Å²) in [6, 6.07) is 10.9. The molecule has 0 unspecified atom stereocenters. The molecule has 0 atom stereocenters. The van der Waals surface area contributed by atoms with Crippen LogP contribution in [0.3, 0.4) is 0 Å². The fraction of sp³-hybridized carbons (Fsp3) is 0.0588. The number of nitrogens with zero attached hydrogens (tertiary/aromatic N) is 2. The van der Waals surface area contributed by atoms with Crippen LogP contribution in [0.5, 0.6) is 5.75 Å². The van der Waals surface area contributed by atoms with Gasteiger partial charge in [0.25, 0.3) is 0 Å². The van der Waals surface area contributed by atoms with Crippen LogP contribution in [0, 0.1) is 11.6 Å². The molecule has 3 rings (SSSR count). The number of nitrogens with one attached hydrogen (secondary N) is 1.